The van der Waals surface area contributed by atoms with Crippen molar-refractivity contribution in [1.29, 1.82) is 0 Å². The average Bonchev–Trinajstić information content (AvgIpc) is 2.95. The number of anilines is 2. The zero-order valence-corrected chi connectivity index (χ0v) is 11.0. The molecule has 0 fully saturated rings. The highest BCUT2D eigenvalue weighted by atomic mass is 15.2. The topological polar surface area (TPSA) is 81.1 Å². The number of nitrogens with zero attached hydrogens (tertiary/aromatic N) is 4. The fourth-order valence-corrected chi connectivity index (χ4v) is 2.09. The summed E-state index contributed by atoms with van der Waals surface area (Å²) < 4.78 is 1.83. The summed E-state index contributed by atoms with van der Waals surface area (Å²) in [6.45, 7) is 0.707. The first-order chi connectivity index (χ1) is 9.86. The minimum Gasteiger partial charge on any atom is -0.337 e. The molecule has 0 spiro atoms. The highest BCUT2D eigenvalue weighted by Gasteiger charge is 2.05. The first-order valence-corrected chi connectivity index (χ1v) is 6.57. The number of aryl methyl sites for hydroxylation is 1. The standard InChI is InChI=1S/C14H16N6/c15-6-2-4-11-3-1-5-12(9-11)18-13-14-19-17-10-20(14)8-7-16-13/h1,3,5,7-10H,2,4,6,15H2,(H,16,18). The molecule has 2 aromatic heterocycles. The SMILES string of the molecule is NCCCc1cccc(Nc2nccn3cnnc23)c1. The number of nitrogens with two attached hydrogens (primary N) is 1. The maximum Gasteiger partial charge on any atom is 0.203 e. The monoisotopic (exact) mass is 268 g/mol. The molecule has 0 unspecified atom stereocenters. The third-order valence-electron chi connectivity index (χ3n) is 3.08. The van der Waals surface area contributed by atoms with Crippen molar-refractivity contribution in [1.82, 2.24) is 19.6 Å². The van der Waals surface area contributed by atoms with E-state index in [1.165, 1.54) is 5.56 Å². The van der Waals surface area contributed by atoms with Gasteiger partial charge in [0.2, 0.25) is 5.65 Å². The van der Waals surface area contributed by atoms with E-state index in [-0.39, 0.29) is 0 Å². The molecule has 0 amide bonds. The van der Waals surface area contributed by atoms with Crippen molar-refractivity contribution in [3.05, 3.63) is 48.5 Å². The Kier molecular flexibility index (Phi) is 3.56. The summed E-state index contributed by atoms with van der Waals surface area (Å²) in [5, 5.41) is 11.2. The zero-order chi connectivity index (χ0) is 13.8. The van der Waals surface area contributed by atoms with Crippen LogP contribution in [0.2, 0.25) is 0 Å². The number of fused-ring (bicyclic) bond motifs is 1. The smallest absolute Gasteiger partial charge is 0.203 e. The second-order valence-electron chi connectivity index (χ2n) is 4.56. The Morgan fingerprint density at radius 1 is 1.30 bits per heavy atom. The predicted octanol–water partition coefficient (Wildman–Crippen LogP) is 1.76. The normalized spacial score (nSPS) is 10.8. The predicted molar refractivity (Wildman–Crippen MR) is 77.9 cm³/mol. The largest absolute Gasteiger partial charge is 0.337 e. The van der Waals surface area contributed by atoms with Crippen molar-refractivity contribution in [3.63, 3.8) is 0 Å². The zero-order valence-electron chi connectivity index (χ0n) is 11.0. The van der Waals surface area contributed by atoms with Crippen molar-refractivity contribution in [2.24, 2.45) is 5.73 Å². The van der Waals surface area contributed by atoms with Crippen molar-refractivity contribution in [3.8, 4) is 0 Å². The Labute approximate surface area is 116 Å². The van der Waals surface area contributed by atoms with Gasteiger partial charge < -0.3 is 11.1 Å². The van der Waals surface area contributed by atoms with Crippen LogP contribution in [0.4, 0.5) is 11.5 Å². The van der Waals surface area contributed by atoms with Crippen LogP contribution >= 0.6 is 0 Å². The fraction of sp³-hybridized carbons (Fsp3) is 0.214. The van der Waals surface area contributed by atoms with E-state index in [1.807, 2.05) is 22.7 Å². The molecule has 0 aliphatic carbocycles. The van der Waals surface area contributed by atoms with Crippen LogP contribution in [0.25, 0.3) is 5.65 Å². The molecule has 0 saturated heterocycles. The highest BCUT2D eigenvalue weighted by Crippen LogP contribution is 2.19. The molecule has 102 valence electrons. The van der Waals surface area contributed by atoms with Gasteiger partial charge in [0, 0.05) is 18.1 Å². The van der Waals surface area contributed by atoms with Crippen LogP contribution in [0, 0.1) is 0 Å². The van der Waals surface area contributed by atoms with Crippen molar-refractivity contribution in [2.45, 2.75) is 12.8 Å². The Morgan fingerprint density at radius 3 is 3.15 bits per heavy atom. The third-order valence-corrected chi connectivity index (χ3v) is 3.08. The molecule has 2 heterocycles. The molecule has 6 heteroatoms. The van der Waals surface area contributed by atoms with Crippen LogP contribution in [0.15, 0.2) is 43.0 Å². The van der Waals surface area contributed by atoms with E-state index in [4.69, 9.17) is 5.73 Å². The van der Waals surface area contributed by atoms with E-state index in [0.717, 1.165) is 18.5 Å². The Hall–Kier alpha value is -2.47. The molecule has 0 aliphatic heterocycles. The summed E-state index contributed by atoms with van der Waals surface area (Å²) in [7, 11) is 0. The molecule has 1 aromatic carbocycles. The van der Waals surface area contributed by atoms with Gasteiger partial charge in [0.05, 0.1) is 0 Å². The highest BCUT2D eigenvalue weighted by molar-refractivity contribution is 5.69. The molecule has 3 aromatic rings. The summed E-state index contributed by atoms with van der Waals surface area (Å²) in [4.78, 5) is 4.31. The molecule has 3 rings (SSSR count). The number of rotatable bonds is 5. The molecule has 20 heavy (non-hydrogen) atoms. The maximum atomic E-state index is 5.54. The first kappa shape index (κ1) is 12.6. The van der Waals surface area contributed by atoms with Gasteiger partial charge in [-0.2, -0.15) is 0 Å². The fourth-order valence-electron chi connectivity index (χ4n) is 2.09. The van der Waals surface area contributed by atoms with Crippen LogP contribution in [0.3, 0.4) is 0 Å². The van der Waals surface area contributed by atoms with Gasteiger partial charge in [-0.1, -0.05) is 12.1 Å². The van der Waals surface area contributed by atoms with Crippen molar-refractivity contribution < 1.29 is 0 Å². The number of nitrogens with one attached hydrogen (secondary N) is 1. The molecule has 0 atom stereocenters. The molecule has 0 radical (unpaired) electrons. The van der Waals surface area contributed by atoms with E-state index >= 15 is 0 Å². The van der Waals surface area contributed by atoms with Crippen LogP contribution in [-0.4, -0.2) is 26.1 Å². The van der Waals surface area contributed by atoms with Gasteiger partial charge >= 0.3 is 0 Å². The summed E-state index contributed by atoms with van der Waals surface area (Å²) in [6.07, 6.45) is 7.16. The summed E-state index contributed by atoms with van der Waals surface area (Å²) in [5.41, 5.74) is 8.50. The third kappa shape index (κ3) is 2.60. The molecular weight excluding hydrogens is 252 g/mol. The molecular formula is C14H16N6. The summed E-state index contributed by atoms with van der Waals surface area (Å²) >= 11 is 0. The lowest BCUT2D eigenvalue weighted by Crippen LogP contribution is -2.01. The summed E-state index contributed by atoms with van der Waals surface area (Å²) in [5.74, 6) is 0.695. The van der Waals surface area contributed by atoms with Crippen molar-refractivity contribution in [2.75, 3.05) is 11.9 Å². The Morgan fingerprint density at radius 2 is 2.25 bits per heavy atom. The minimum absolute atomic E-state index is 0.695. The molecule has 0 bridgehead atoms. The van der Waals surface area contributed by atoms with Gasteiger partial charge in [-0.05, 0) is 37.1 Å². The molecule has 0 saturated carbocycles. The van der Waals surface area contributed by atoms with Gasteiger partial charge in [0.1, 0.15) is 6.33 Å². The average molecular weight is 268 g/mol. The van der Waals surface area contributed by atoms with Crippen LogP contribution in [-0.2, 0) is 6.42 Å². The number of hydrogen-bond donors (Lipinski definition) is 2. The second kappa shape index (κ2) is 5.66. The van der Waals surface area contributed by atoms with E-state index in [2.05, 4.69) is 32.6 Å². The van der Waals surface area contributed by atoms with Gasteiger partial charge in [-0.15, -0.1) is 10.2 Å². The quantitative estimate of drug-likeness (QED) is 0.737. The lowest BCUT2D eigenvalue weighted by Gasteiger charge is -2.08. The lowest BCUT2D eigenvalue weighted by atomic mass is 10.1. The number of hydrogen-bond acceptors (Lipinski definition) is 5. The van der Waals surface area contributed by atoms with Crippen LogP contribution in [0.1, 0.15) is 12.0 Å². The van der Waals surface area contributed by atoms with E-state index in [9.17, 15) is 0 Å². The minimum atomic E-state index is 0.695. The summed E-state index contributed by atoms with van der Waals surface area (Å²) in [6, 6.07) is 8.24. The molecule has 6 nitrogen and oxygen atoms in total. The van der Waals surface area contributed by atoms with Gasteiger partial charge in [0.25, 0.3) is 0 Å². The second-order valence-corrected chi connectivity index (χ2v) is 4.56. The van der Waals surface area contributed by atoms with E-state index in [0.29, 0.717) is 18.0 Å². The van der Waals surface area contributed by atoms with Gasteiger partial charge in [-0.3, -0.25) is 4.40 Å². The van der Waals surface area contributed by atoms with Crippen LogP contribution < -0.4 is 11.1 Å². The van der Waals surface area contributed by atoms with Crippen molar-refractivity contribution >= 4 is 17.2 Å². The van der Waals surface area contributed by atoms with Crippen LogP contribution in [0.5, 0.6) is 0 Å². The van der Waals surface area contributed by atoms with E-state index < -0.39 is 0 Å². The number of aromatic nitrogens is 4. The van der Waals surface area contributed by atoms with Gasteiger partial charge in [0.15, 0.2) is 5.82 Å². The maximum absolute atomic E-state index is 5.54. The molecule has 0 aliphatic rings. The molecule has 3 N–H and O–H groups in total. The number of benzene rings is 1. The lowest BCUT2D eigenvalue weighted by molar-refractivity contribution is 0.833. The first-order valence-electron chi connectivity index (χ1n) is 6.57. The Bertz CT molecular complexity index is 705. The van der Waals surface area contributed by atoms with Gasteiger partial charge in [-0.25, -0.2) is 4.98 Å². The van der Waals surface area contributed by atoms with E-state index in [1.54, 1.807) is 12.5 Å². The Balaban J connectivity index is 1.85.